The van der Waals surface area contributed by atoms with Crippen molar-refractivity contribution in [1.29, 1.82) is 0 Å². The first kappa shape index (κ1) is 12.4. The predicted octanol–water partition coefficient (Wildman–Crippen LogP) is 3.95. The lowest BCUT2D eigenvalue weighted by molar-refractivity contribution is 0.103. The van der Waals surface area contributed by atoms with Crippen LogP contribution in [-0.4, -0.2) is 16.1 Å². The number of thiophene rings is 1. The molecule has 4 nitrogen and oxygen atoms in total. The minimum absolute atomic E-state index is 0.0994. The summed E-state index contributed by atoms with van der Waals surface area (Å²) in [6, 6.07) is 7.53. The van der Waals surface area contributed by atoms with Crippen LogP contribution in [0.15, 0.2) is 34.2 Å². The first-order valence-corrected chi connectivity index (χ1v) is 7.25. The molecule has 6 heteroatoms. The van der Waals surface area contributed by atoms with Crippen LogP contribution in [0.1, 0.15) is 15.2 Å². The molecule has 3 rings (SSSR count). The number of aryl methyl sites for hydroxylation is 1. The number of amides is 1. The Morgan fingerprint density at radius 3 is 3.00 bits per heavy atom. The van der Waals surface area contributed by atoms with E-state index >= 15 is 0 Å². The molecule has 0 bridgehead atoms. The summed E-state index contributed by atoms with van der Waals surface area (Å²) in [5, 5.41) is 10.7. The van der Waals surface area contributed by atoms with E-state index in [-0.39, 0.29) is 5.91 Å². The third kappa shape index (κ3) is 2.41. The van der Waals surface area contributed by atoms with Gasteiger partial charge in [-0.3, -0.25) is 9.89 Å². The molecule has 96 valence electrons. The second-order valence-electron chi connectivity index (χ2n) is 4.19. The average molecular weight is 336 g/mol. The van der Waals surface area contributed by atoms with E-state index in [0.717, 1.165) is 25.9 Å². The highest BCUT2D eigenvalue weighted by Gasteiger charge is 2.11. The number of H-pyrrole nitrogens is 1. The minimum Gasteiger partial charge on any atom is -0.321 e. The van der Waals surface area contributed by atoms with Crippen molar-refractivity contribution in [3.63, 3.8) is 0 Å². The highest BCUT2D eigenvalue weighted by Crippen LogP contribution is 2.28. The van der Waals surface area contributed by atoms with Gasteiger partial charge in [-0.05, 0) is 52.7 Å². The number of hydrogen-bond donors (Lipinski definition) is 2. The predicted molar refractivity (Wildman–Crippen MR) is 80.8 cm³/mol. The normalized spacial score (nSPS) is 10.8. The number of nitrogens with one attached hydrogen (secondary N) is 2. The van der Waals surface area contributed by atoms with Gasteiger partial charge in [0.1, 0.15) is 0 Å². The van der Waals surface area contributed by atoms with Crippen LogP contribution in [0.3, 0.4) is 0 Å². The van der Waals surface area contributed by atoms with E-state index in [2.05, 4.69) is 31.4 Å². The number of rotatable bonds is 2. The summed E-state index contributed by atoms with van der Waals surface area (Å²) in [5.41, 5.74) is 2.73. The first-order valence-electron chi connectivity index (χ1n) is 5.64. The van der Waals surface area contributed by atoms with Crippen LogP contribution >= 0.6 is 27.3 Å². The van der Waals surface area contributed by atoms with E-state index in [1.165, 1.54) is 11.3 Å². The lowest BCUT2D eigenvalue weighted by Gasteiger charge is -2.03. The summed E-state index contributed by atoms with van der Waals surface area (Å²) in [5.74, 6) is -0.0994. The fourth-order valence-corrected chi connectivity index (χ4v) is 3.21. The molecule has 0 saturated carbocycles. The Bertz CT molecular complexity index is 743. The molecule has 0 aliphatic rings. The SMILES string of the molecule is Cc1cc(C(=O)Nc2ccc3cn[nH]c3c2)sc1Br. The number of aromatic nitrogens is 2. The van der Waals surface area contributed by atoms with E-state index < -0.39 is 0 Å². The fourth-order valence-electron chi connectivity index (χ4n) is 1.78. The van der Waals surface area contributed by atoms with Crippen molar-refractivity contribution in [1.82, 2.24) is 10.2 Å². The van der Waals surface area contributed by atoms with Crippen molar-refractivity contribution in [2.45, 2.75) is 6.92 Å². The summed E-state index contributed by atoms with van der Waals surface area (Å²) >= 11 is 4.85. The average Bonchev–Trinajstić information content (AvgIpc) is 2.96. The highest BCUT2D eigenvalue weighted by molar-refractivity contribution is 9.11. The zero-order valence-corrected chi connectivity index (χ0v) is 12.4. The van der Waals surface area contributed by atoms with Gasteiger partial charge < -0.3 is 5.32 Å². The molecule has 2 heterocycles. The van der Waals surface area contributed by atoms with Gasteiger partial charge in [-0.2, -0.15) is 5.10 Å². The van der Waals surface area contributed by atoms with Crippen LogP contribution in [0.4, 0.5) is 5.69 Å². The molecule has 0 spiro atoms. The Morgan fingerprint density at radius 2 is 2.26 bits per heavy atom. The van der Waals surface area contributed by atoms with Gasteiger partial charge in [0.05, 0.1) is 20.4 Å². The van der Waals surface area contributed by atoms with Crippen LogP contribution in [0.25, 0.3) is 10.9 Å². The molecule has 0 saturated heterocycles. The third-order valence-electron chi connectivity index (χ3n) is 2.78. The van der Waals surface area contributed by atoms with E-state index in [9.17, 15) is 4.79 Å². The minimum atomic E-state index is -0.0994. The molecular formula is C13H10BrN3OS. The Hall–Kier alpha value is -1.66. The summed E-state index contributed by atoms with van der Waals surface area (Å²) in [7, 11) is 0. The van der Waals surface area contributed by atoms with Crippen LogP contribution in [0.2, 0.25) is 0 Å². The van der Waals surface area contributed by atoms with Crippen molar-refractivity contribution in [3.8, 4) is 0 Å². The monoisotopic (exact) mass is 335 g/mol. The molecule has 0 unspecified atom stereocenters. The Kier molecular flexibility index (Phi) is 3.12. The number of nitrogens with zero attached hydrogens (tertiary/aromatic N) is 1. The van der Waals surface area contributed by atoms with Crippen LogP contribution < -0.4 is 5.32 Å². The highest BCUT2D eigenvalue weighted by atomic mass is 79.9. The second kappa shape index (κ2) is 4.79. The van der Waals surface area contributed by atoms with Gasteiger partial charge in [-0.15, -0.1) is 11.3 Å². The van der Waals surface area contributed by atoms with Crippen LogP contribution in [0, 0.1) is 6.92 Å². The lowest BCUT2D eigenvalue weighted by atomic mass is 10.2. The summed E-state index contributed by atoms with van der Waals surface area (Å²) in [6.07, 6.45) is 1.75. The molecular weight excluding hydrogens is 326 g/mol. The fraction of sp³-hybridized carbons (Fsp3) is 0.0769. The second-order valence-corrected chi connectivity index (χ2v) is 6.56. The molecule has 19 heavy (non-hydrogen) atoms. The maximum Gasteiger partial charge on any atom is 0.265 e. The number of halogens is 1. The molecule has 1 amide bonds. The molecule has 0 radical (unpaired) electrons. The molecule has 0 fully saturated rings. The van der Waals surface area contributed by atoms with E-state index in [0.29, 0.717) is 4.88 Å². The van der Waals surface area contributed by atoms with Gasteiger partial charge in [0, 0.05) is 11.1 Å². The van der Waals surface area contributed by atoms with E-state index in [1.54, 1.807) is 6.20 Å². The van der Waals surface area contributed by atoms with Crippen LogP contribution in [-0.2, 0) is 0 Å². The molecule has 2 aromatic heterocycles. The molecule has 0 aliphatic heterocycles. The maximum absolute atomic E-state index is 12.1. The topological polar surface area (TPSA) is 57.8 Å². The standard InChI is InChI=1S/C13H10BrN3OS/c1-7-4-11(19-12(7)14)13(18)16-9-3-2-8-6-15-17-10(8)5-9/h2-6H,1H3,(H,15,17)(H,16,18). The maximum atomic E-state index is 12.1. The molecule has 2 N–H and O–H groups in total. The largest absolute Gasteiger partial charge is 0.321 e. The molecule has 0 aliphatic carbocycles. The Balaban J connectivity index is 1.85. The smallest absolute Gasteiger partial charge is 0.265 e. The van der Waals surface area contributed by atoms with E-state index in [4.69, 9.17) is 0 Å². The van der Waals surface area contributed by atoms with Gasteiger partial charge in [-0.25, -0.2) is 0 Å². The molecule has 1 aromatic carbocycles. The number of carbonyl (C=O) groups excluding carboxylic acids is 1. The van der Waals surface area contributed by atoms with Gasteiger partial charge in [-0.1, -0.05) is 0 Å². The number of benzene rings is 1. The number of hydrogen-bond acceptors (Lipinski definition) is 3. The summed E-state index contributed by atoms with van der Waals surface area (Å²) in [4.78, 5) is 12.8. The number of fused-ring (bicyclic) bond motifs is 1. The first-order chi connectivity index (χ1) is 9.13. The van der Waals surface area contributed by atoms with Crippen molar-refractivity contribution in [2.24, 2.45) is 0 Å². The van der Waals surface area contributed by atoms with Gasteiger partial charge >= 0.3 is 0 Å². The van der Waals surface area contributed by atoms with Crippen LogP contribution in [0.5, 0.6) is 0 Å². The van der Waals surface area contributed by atoms with Crippen molar-refractivity contribution in [3.05, 3.63) is 44.7 Å². The number of anilines is 1. The third-order valence-corrected chi connectivity index (χ3v) is 4.92. The molecule has 0 atom stereocenters. The summed E-state index contributed by atoms with van der Waals surface area (Å²) in [6.45, 7) is 1.97. The van der Waals surface area contributed by atoms with Crippen molar-refractivity contribution < 1.29 is 4.79 Å². The molecule has 3 aromatic rings. The van der Waals surface area contributed by atoms with Crippen molar-refractivity contribution >= 4 is 49.8 Å². The summed E-state index contributed by atoms with van der Waals surface area (Å²) < 4.78 is 0.988. The number of aromatic amines is 1. The lowest BCUT2D eigenvalue weighted by Crippen LogP contribution is -2.09. The Labute approximate surface area is 122 Å². The number of carbonyl (C=O) groups is 1. The Morgan fingerprint density at radius 1 is 1.42 bits per heavy atom. The van der Waals surface area contributed by atoms with Gasteiger partial charge in [0.25, 0.3) is 5.91 Å². The van der Waals surface area contributed by atoms with E-state index in [1.807, 2.05) is 31.2 Å². The quantitative estimate of drug-likeness (QED) is 0.744. The zero-order valence-electron chi connectivity index (χ0n) is 10.0. The zero-order chi connectivity index (χ0) is 13.4. The van der Waals surface area contributed by atoms with Gasteiger partial charge in [0.15, 0.2) is 0 Å². The van der Waals surface area contributed by atoms with Gasteiger partial charge in [0.2, 0.25) is 0 Å². The van der Waals surface area contributed by atoms with Crippen molar-refractivity contribution in [2.75, 3.05) is 5.32 Å².